The van der Waals surface area contributed by atoms with Crippen LogP contribution in [0.15, 0.2) is 24.3 Å². The Balaban J connectivity index is 2.01. The first-order valence-electron chi connectivity index (χ1n) is 5.19. The van der Waals surface area contributed by atoms with Crippen molar-refractivity contribution in [1.29, 1.82) is 0 Å². The number of ether oxygens (including phenoxy) is 1. The molecule has 76 valence electrons. The molecule has 0 aromatic heterocycles. The average molecular weight is 191 g/mol. The van der Waals surface area contributed by atoms with E-state index >= 15 is 0 Å². The van der Waals surface area contributed by atoms with Crippen LogP contribution in [0.3, 0.4) is 0 Å². The summed E-state index contributed by atoms with van der Waals surface area (Å²) in [5.41, 5.74) is 2.72. The number of aryl methyl sites for hydroxylation is 1. The zero-order valence-electron chi connectivity index (χ0n) is 8.79. The fourth-order valence-electron chi connectivity index (χ4n) is 1.83. The SMILES string of the molecule is Cc1ccccc1CC1NCC(C)O1. The Kier molecular flexibility index (Phi) is 2.85. The highest BCUT2D eigenvalue weighted by Crippen LogP contribution is 2.13. The maximum absolute atomic E-state index is 5.71. The third kappa shape index (κ3) is 2.14. The fraction of sp³-hybridized carbons (Fsp3) is 0.500. The first-order valence-corrected chi connectivity index (χ1v) is 5.19. The summed E-state index contributed by atoms with van der Waals surface area (Å²) < 4.78 is 5.71. The van der Waals surface area contributed by atoms with Gasteiger partial charge in [-0.3, -0.25) is 5.32 Å². The van der Waals surface area contributed by atoms with Crippen molar-refractivity contribution in [3.63, 3.8) is 0 Å². The number of hydrogen-bond donors (Lipinski definition) is 1. The van der Waals surface area contributed by atoms with Crippen molar-refractivity contribution in [2.24, 2.45) is 0 Å². The second-order valence-electron chi connectivity index (χ2n) is 3.97. The largest absolute Gasteiger partial charge is 0.359 e. The molecule has 1 aliphatic rings. The van der Waals surface area contributed by atoms with E-state index in [2.05, 4.69) is 43.4 Å². The van der Waals surface area contributed by atoms with Crippen LogP contribution in [0.5, 0.6) is 0 Å². The van der Waals surface area contributed by atoms with Gasteiger partial charge >= 0.3 is 0 Å². The lowest BCUT2D eigenvalue weighted by atomic mass is 10.1. The molecule has 1 aromatic rings. The molecule has 2 unspecified atom stereocenters. The summed E-state index contributed by atoms with van der Waals surface area (Å²) in [6.07, 6.45) is 1.52. The molecular formula is C12H17NO. The van der Waals surface area contributed by atoms with E-state index in [0.717, 1.165) is 13.0 Å². The minimum atomic E-state index is 0.200. The van der Waals surface area contributed by atoms with E-state index in [9.17, 15) is 0 Å². The molecule has 2 atom stereocenters. The Morgan fingerprint density at radius 1 is 1.43 bits per heavy atom. The molecule has 0 spiro atoms. The zero-order chi connectivity index (χ0) is 9.97. The van der Waals surface area contributed by atoms with Gasteiger partial charge in [0.15, 0.2) is 0 Å². The highest BCUT2D eigenvalue weighted by Gasteiger charge is 2.21. The Labute approximate surface area is 85.3 Å². The average Bonchev–Trinajstić information content (AvgIpc) is 2.56. The Morgan fingerprint density at radius 3 is 2.86 bits per heavy atom. The molecule has 2 nitrogen and oxygen atoms in total. The Morgan fingerprint density at radius 2 is 2.21 bits per heavy atom. The first kappa shape index (κ1) is 9.69. The first-order chi connectivity index (χ1) is 6.75. The van der Waals surface area contributed by atoms with Crippen LogP contribution in [-0.4, -0.2) is 18.9 Å². The number of rotatable bonds is 2. The van der Waals surface area contributed by atoms with Crippen molar-refractivity contribution in [2.75, 3.05) is 6.54 Å². The molecule has 1 N–H and O–H groups in total. The number of nitrogens with one attached hydrogen (secondary N) is 1. The second kappa shape index (κ2) is 4.11. The molecular weight excluding hydrogens is 174 g/mol. The van der Waals surface area contributed by atoms with Gasteiger partial charge in [0.05, 0.1) is 6.10 Å². The van der Waals surface area contributed by atoms with Crippen molar-refractivity contribution < 1.29 is 4.74 Å². The summed E-state index contributed by atoms with van der Waals surface area (Å²) in [5.74, 6) is 0. The topological polar surface area (TPSA) is 21.3 Å². The predicted octanol–water partition coefficient (Wildman–Crippen LogP) is 1.87. The van der Waals surface area contributed by atoms with E-state index in [0.29, 0.717) is 6.10 Å². The minimum Gasteiger partial charge on any atom is -0.359 e. The summed E-state index contributed by atoms with van der Waals surface area (Å²) in [7, 11) is 0. The molecule has 0 amide bonds. The van der Waals surface area contributed by atoms with Crippen LogP contribution in [-0.2, 0) is 11.2 Å². The molecule has 2 heteroatoms. The molecule has 0 radical (unpaired) electrons. The van der Waals surface area contributed by atoms with E-state index in [1.165, 1.54) is 11.1 Å². The number of benzene rings is 1. The van der Waals surface area contributed by atoms with Crippen LogP contribution in [0, 0.1) is 6.92 Å². The molecule has 0 aliphatic carbocycles. The van der Waals surface area contributed by atoms with Crippen LogP contribution in [0.25, 0.3) is 0 Å². The fourth-order valence-corrected chi connectivity index (χ4v) is 1.83. The molecule has 2 rings (SSSR count). The maximum atomic E-state index is 5.71. The van der Waals surface area contributed by atoms with Crippen molar-refractivity contribution >= 4 is 0 Å². The molecule has 1 saturated heterocycles. The van der Waals surface area contributed by atoms with Crippen molar-refractivity contribution in [3.8, 4) is 0 Å². The van der Waals surface area contributed by atoms with E-state index in [1.54, 1.807) is 0 Å². The second-order valence-corrected chi connectivity index (χ2v) is 3.97. The van der Waals surface area contributed by atoms with Crippen LogP contribution in [0.2, 0.25) is 0 Å². The molecule has 14 heavy (non-hydrogen) atoms. The van der Waals surface area contributed by atoms with E-state index in [1.807, 2.05) is 0 Å². The summed E-state index contributed by atoms with van der Waals surface area (Å²) in [4.78, 5) is 0. The maximum Gasteiger partial charge on any atom is 0.112 e. The summed E-state index contributed by atoms with van der Waals surface area (Å²) >= 11 is 0. The number of hydrogen-bond acceptors (Lipinski definition) is 2. The highest BCUT2D eigenvalue weighted by atomic mass is 16.5. The lowest BCUT2D eigenvalue weighted by Crippen LogP contribution is -2.25. The standard InChI is InChI=1S/C12H17NO/c1-9-5-3-4-6-11(9)7-12-13-8-10(2)14-12/h3-6,10,12-13H,7-8H2,1-2H3. The van der Waals surface area contributed by atoms with Gasteiger partial charge in [0.1, 0.15) is 6.23 Å². The molecule has 0 bridgehead atoms. The van der Waals surface area contributed by atoms with Gasteiger partial charge in [-0.2, -0.15) is 0 Å². The summed E-state index contributed by atoms with van der Waals surface area (Å²) in [6, 6.07) is 8.47. The van der Waals surface area contributed by atoms with Gasteiger partial charge in [-0.25, -0.2) is 0 Å². The van der Waals surface area contributed by atoms with E-state index in [4.69, 9.17) is 4.74 Å². The highest BCUT2D eigenvalue weighted by molar-refractivity contribution is 5.26. The Bertz CT molecular complexity index is 311. The summed E-state index contributed by atoms with van der Waals surface area (Å²) in [5, 5.41) is 3.36. The van der Waals surface area contributed by atoms with Crippen molar-refractivity contribution in [2.45, 2.75) is 32.6 Å². The van der Waals surface area contributed by atoms with Crippen LogP contribution >= 0.6 is 0 Å². The molecule has 1 fully saturated rings. The molecule has 1 aromatic carbocycles. The van der Waals surface area contributed by atoms with Crippen molar-refractivity contribution in [1.82, 2.24) is 5.32 Å². The zero-order valence-corrected chi connectivity index (χ0v) is 8.79. The lowest BCUT2D eigenvalue weighted by Gasteiger charge is -2.12. The van der Waals surface area contributed by atoms with Gasteiger partial charge in [0, 0.05) is 13.0 Å². The predicted molar refractivity (Wildman–Crippen MR) is 57.2 cm³/mol. The third-order valence-corrected chi connectivity index (χ3v) is 2.70. The van der Waals surface area contributed by atoms with Gasteiger partial charge in [-0.15, -0.1) is 0 Å². The smallest absolute Gasteiger partial charge is 0.112 e. The van der Waals surface area contributed by atoms with Crippen LogP contribution in [0.1, 0.15) is 18.1 Å². The molecule has 1 aliphatic heterocycles. The van der Waals surface area contributed by atoms with Gasteiger partial charge in [0.25, 0.3) is 0 Å². The normalized spacial score (nSPS) is 26.7. The van der Waals surface area contributed by atoms with E-state index < -0.39 is 0 Å². The monoisotopic (exact) mass is 191 g/mol. The van der Waals surface area contributed by atoms with Gasteiger partial charge in [-0.05, 0) is 25.0 Å². The van der Waals surface area contributed by atoms with Crippen molar-refractivity contribution in [3.05, 3.63) is 35.4 Å². The Hall–Kier alpha value is -0.860. The van der Waals surface area contributed by atoms with Gasteiger partial charge < -0.3 is 4.74 Å². The lowest BCUT2D eigenvalue weighted by molar-refractivity contribution is 0.0520. The van der Waals surface area contributed by atoms with Gasteiger partial charge in [-0.1, -0.05) is 24.3 Å². The third-order valence-electron chi connectivity index (χ3n) is 2.70. The quantitative estimate of drug-likeness (QED) is 0.770. The van der Waals surface area contributed by atoms with Crippen LogP contribution < -0.4 is 5.32 Å². The van der Waals surface area contributed by atoms with Crippen LogP contribution in [0.4, 0.5) is 0 Å². The minimum absolute atomic E-state index is 0.200. The molecule has 1 heterocycles. The summed E-state index contributed by atoms with van der Waals surface area (Å²) in [6.45, 7) is 5.22. The van der Waals surface area contributed by atoms with Gasteiger partial charge in [0.2, 0.25) is 0 Å². The van der Waals surface area contributed by atoms with E-state index in [-0.39, 0.29) is 6.23 Å². The molecule has 0 saturated carbocycles.